The summed E-state index contributed by atoms with van der Waals surface area (Å²) in [5.74, 6) is -1.02. The van der Waals surface area contributed by atoms with Crippen LogP contribution in [0.15, 0.2) is 54.6 Å². The van der Waals surface area contributed by atoms with Crippen molar-refractivity contribution in [1.82, 2.24) is 0 Å². The molecule has 2 aromatic rings. The van der Waals surface area contributed by atoms with Crippen molar-refractivity contribution in [3.05, 3.63) is 76.9 Å². The summed E-state index contributed by atoms with van der Waals surface area (Å²) in [5, 5.41) is 8.95. The van der Waals surface area contributed by atoms with Crippen molar-refractivity contribution in [3.63, 3.8) is 0 Å². The molecule has 3 heteroatoms. The number of benzene rings is 2. The number of rotatable bonds is 4. The van der Waals surface area contributed by atoms with E-state index >= 15 is 0 Å². The van der Waals surface area contributed by atoms with Gasteiger partial charge in [-0.2, -0.15) is 0 Å². The number of allylic oxidation sites excluding steroid dienone is 1. The molecule has 0 bridgehead atoms. The van der Waals surface area contributed by atoms with Gasteiger partial charge in [0.15, 0.2) is 5.78 Å². The molecule has 0 saturated carbocycles. The Balaban J connectivity index is 2.18. The van der Waals surface area contributed by atoms with Crippen molar-refractivity contribution >= 4 is 17.8 Å². The summed E-state index contributed by atoms with van der Waals surface area (Å²) in [4.78, 5) is 22.8. The van der Waals surface area contributed by atoms with Crippen LogP contribution in [0.5, 0.6) is 0 Å². The molecule has 100 valence electrons. The number of ketones is 1. The van der Waals surface area contributed by atoms with Crippen molar-refractivity contribution in [2.24, 2.45) is 0 Å². The topological polar surface area (TPSA) is 54.4 Å². The number of aryl methyl sites for hydroxylation is 1. The number of hydrogen-bond donors (Lipinski definition) is 1. The zero-order valence-electron chi connectivity index (χ0n) is 11.0. The van der Waals surface area contributed by atoms with Crippen LogP contribution in [-0.4, -0.2) is 16.9 Å². The molecule has 3 nitrogen and oxygen atoms in total. The van der Waals surface area contributed by atoms with E-state index in [4.69, 9.17) is 5.11 Å². The molecule has 1 N–H and O–H groups in total. The molecule has 2 rings (SSSR count). The second kappa shape index (κ2) is 5.97. The van der Waals surface area contributed by atoms with E-state index < -0.39 is 5.97 Å². The van der Waals surface area contributed by atoms with Gasteiger partial charge in [-0.1, -0.05) is 48.5 Å². The molecule has 0 radical (unpaired) electrons. The van der Waals surface area contributed by atoms with Crippen molar-refractivity contribution in [1.29, 1.82) is 0 Å². The minimum Gasteiger partial charge on any atom is -0.478 e. The largest absolute Gasteiger partial charge is 0.478 e. The fourth-order valence-corrected chi connectivity index (χ4v) is 1.90. The van der Waals surface area contributed by atoms with Gasteiger partial charge in [0.2, 0.25) is 0 Å². The number of carboxylic acid groups (broad SMARTS) is 1. The summed E-state index contributed by atoms with van der Waals surface area (Å²) in [5.41, 5.74) is 2.38. The Morgan fingerprint density at radius 3 is 2.35 bits per heavy atom. The third-order valence-corrected chi connectivity index (χ3v) is 2.97. The Hall–Kier alpha value is -2.68. The zero-order chi connectivity index (χ0) is 14.5. The minimum atomic E-state index is -0.946. The van der Waals surface area contributed by atoms with E-state index in [1.165, 1.54) is 6.08 Å². The zero-order valence-corrected chi connectivity index (χ0v) is 11.0. The van der Waals surface area contributed by atoms with Gasteiger partial charge in [0, 0.05) is 5.56 Å². The summed E-state index contributed by atoms with van der Waals surface area (Å²) in [6.45, 7) is 1.74. The predicted molar refractivity (Wildman–Crippen MR) is 77.9 cm³/mol. The van der Waals surface area contributed by atoms with Crippen LogP contribution in [0, 0.1) is 6.92 Å². The van der Waals surface area contributed by atoms with Crippen LogP contribution >= 0.6 is 0 Å². The van der Waals surface area contributed by atoms with Gasteiger partial charge in [0.25, 0.3) is 0 Å². The second-order valence-electron chi connectivity index (χ2n) is 4.44. The third kappa shape index (κ3) is 3.20. The molecule has 0 aliphatic heterocycles. The van der Waals surface area contributed by atoms with Gasteiger partial charge in [0.05, 0.1) is 5.56 Å². The lowest BCUT2D eigenvalue weighted by molar-refractivity contribution is 0.0696. The summed E-state index contributed by atoms with van der Waals surface area (Å²) in [7, 11) is 0. The maximum atomic E-state index is 11.9. The van der Waals surface area contributed by atoms with Gasteiger partial charge < -0.3 is 5.11 Å². The van der Waals surface area contributed by atoms with Crippen LogP contribution in [0.25, 0.3) is 6.08 Å². The highest BCUT2D eigenvalue weighted by Crippen LogP contribution is 2.13. The first-order valence-electron chi connectivity index (χ1n) is 6.19. The number of carbonyl (C=O) groups is 2. The van der Waals surface area contributed by atoms with E-state index in [0.29, 0.717) is 11.1 Å². The SMILES string of the molecule is Cc1cc(C=CC(=O)c2ccccc2)ccc1C(=O)O. The normalized spacial score (nSPS) is 10.7. The fourth-order valence-electron chi connectivity index (χ4n) is 1.90. The number of carbonyl (C=O) groups excluding carboxylic acids is 1. The lowest BCUT2D eigenvalue weighted by Crippen LogP contribution is -1.99. The Labute approximate surface area is 117 Å². The van der Waals surface area contributed by atoms with Gasteiger partial charge in [0.1, 0.15) is 0 Å². The highest BCUT2D eigenvalue weighted by atomic mass is 16.4. The predicted octanol–water partition coefficient (Wildman–Crippen LogP) is 3.59. The summed E-state index contributed by atoms with van der Waals surface area (Å²) < 4.78 is 0. The third-order valence-electron chi connectivity index (χ3n) is 2.97. The van der Waals surface area contributed by atoms with Crippen LogP contribution in [0.1, 0.15) is 31.8 Å². The maximum absolute atomic E-state index is 11.9. The molecule has 0 aliphatic carbocycles. The Kier molecular flexibility index (Phi) is 4.11. The van der Waals surface area contributed by atoms with Crippen molar-refractivity contribution in [3.8, 4) is 0 Å². The van der Waals surface area contributed by atoms with Crippen molar-refractivity contribution in [2.45, 2.75) is 6.92 Å². The highest BCUT2D eigenvalue weighted by Gasteiger charge is 2.06. The number of aromatic carboxylic acids is 1. The molecule has 0 amide bonds. The second-order valence-corrected chi connectivity index (χ2v) is 4.44. The molecular formula is C17H14O3. The summed E-state index contributed by atoms with van der Waals surface area (Å²) in [6, 6.07) is 14.0. The lowest BCUT2D eigenvalue weighted by atomic mass is 10.0. The van der Waals surface area contributed by atoms with Gasteiger partial charge in [-0.25, -0.2) is 4.79 Å². The van der Waals surface area contributed by atoms with E-state index in [9.17, 15) is 9.59 Å². The number of hydrogen-bond acceptors (Lipinski definition) is 2. The molecule has 0 atom stereocenters. The lowest BCUT2D eigenvalue weighted by Gasteiger charge is -2.01. The summed E-state index contributed by atoms with van der Waals surface area (Å²) in [6.07, 6.45) is 3.18. The Morgan fingerprint density at radius 2 is 1.75 bits per heavy atom. The van der Waals surface area contributed by atoms with Crippen LogP contribution in [0.3, 0.4) is 0 Å². The molecular weight excluding hydrogens is 252 g/mol. The van der Waals surface area contributed by atoms with E-state index in [2.05, 4.69) is 0 Å². The minimum absolute atomic E-state index is 0.0782. The van der Waals surface area contributed by atoms with Crippen LogP contribution in [0.2, 0.25) is 0 Å². The first-order valence-corrected chi connectivity index (χ1v) is 6.19. The average Bonchev–Trinajstić information content (AvgIpc) is 2.45. The van der Waals surface area contributed by atoms with Gasteiger partial charge in [-0.15, -0.1) is 0 Å². The monoisotopic (exact) mass is 266 g/mol. The van der Waals surface area contributed by atoms with E-state index in [-0.39, 0.29) is 11.3 Å². The molecule has 0 spiro atoms. The van der Waals surface area contributed by atoms with Crippen molar-refractivity contribution < 1.29 is 14.7 Å². The van der Waals surface area contributed by atoms with Gasteiger partial charge >= 0.3 is 5.97 Å². The molecule has 0 fully saturated rings. The molecule has 2 aromatic carbocycles. The first kappa shape index (κ1) is 13.7. The standard InChI is InChI=1S/C17H14O3/c1-12-11-13(7-9-15(12)17(19)20)8-10-16(18)14-5-3-2-4-6-14/h2-11H,1H3,(H,19,20). The van der Waals surface area contributed by atoms with Gasteiger partial charge in [-0.05, 0) is 30.2 Å². The quantitative estimate of drug-likeness (QED) is 0.679. The van der Waals surface area contributed by atoms with Crippen LogP contribution in [0.4, 0.5) is 0 Å². The fraction of sp³-hybridized carbons (Fsp3) is 0.0588. The average molecular weight is 266 g/mol. The summed E-state index contributed by atoms with van der Waals surface area (Å²) >= 11 is 0. The van der Waals surface area contributed by atoms with Crippen molar-refractivity contribution in [2.75, 3.05) is 0 Å². The smallest absolute Gasteiger partial charge is 0.335 e. The molecule has 0 aromatic heterocycles. The Bertz CT molecular complexity index is 670. The molecule has 0 aliphatic rings. The molecule has 0 saturated heterocycles. The maximum Gasteiger partial charge on any atom is 0.335 e. The number of carboxylic acids is 1. The first-order chi connectivity index (χ1) is 9.58. The van der Waals surface area contributed by atoms with E-state index in [1.54, 1.807) is 43.3 Å². The van der Waals surface area contributed by atoms with E-state index in [1.807, 2.05) is 18.2 Å². The molecule has 0 unspecified atom stereocenters. The molecule has 20 heavy (non-hydrogen) atoms. The van der Waals surface area contributed by atoms with Gasteiger partial charge in [-0.3, -0.25) is 4.79 Å². The van der Waals surface area contributed by atoms with E-state index in [0.717, 1.165) is 5.56 Å². The highest BCUT2D eigenvalue weighted by molar-refractivity contribution is 6.06. The Morgan fingerprint density at radius 1 is 1.05 bits per heavy atom. The van der Waals surface area contributed by atoms with Crippen LogP contribution < -0.4 is 0 Å². The van der Waals surface area contributed by atoms with Crippen LogP contribution in [-0.2, 0) is 0 Å². The molecule has 0 heterocycles.